The molecule has 0 atom stereocenters. The molecule has 5 nitrogen and oxygen atoms in total. The molecule has 1 aliphatic rings. The van der Waals surface area contributed by atoms with Gasteiger partial charge in [-0.15, -0.1) is 0 Å². The van der Waals surface area contributed by atoms with Gasteiger partial charge in [0, 0.05) is 55.7 Å². The molecule has 0 aliphatic carbocycles. The summed E-state index contributed by atoms with van der Waals surface area (Å²) >= 11 is 6.13. The van der Waals surface area contributed by atoms with Crippen LogP contribution in [-0.4, -0.2) is 48.2 Å². The average Bonchev–Trinajstić information content (AvgIpc) is 2.63. The molecule has 144 valence electrons. The molecule has 1 fully saturated rings. The zero-order valence-corrected chi connectivity index (χ0v) is 17.2. The summed E-state index contributed by atoms with van der Waals surface area (Å²) in [7, 11) is 3.78. The molecule has 1 aromatic carbocycles. The Morgan fingerprint density at radius 2 is 1.88 bits per heavy atom. The van der Waals surface area contributed by atoms with Crippen LogP contribution in [0.3, 0.4) is 0 Å². The summed E-state index contributed by atoms with van der Waals surface area (Å²) < 4.78 is 5.45. The minimum absolute atomic E-state index is 0. The number of methoxy groups -OCH3 is 1. The second kappa shape index (κ2) is 10.8. The SMILES string of the molecule is COc1ccc(Cl)cc1CN1CCC(N(C)c2ncccn2)CC1.[Cl-].[Cl-].[H+].[H+]. The molecule has 0 radical (unpaired) electrons. The highest BCUT2D eigenvalue weighted by Gasteiger charge is 2.24. The maximum absolute atomic E-state index is 6.13. The second-order valence-corrected chi connectivity index (χ2v) is 6.56. The number of likely N-dealkylation sites (tertiary alicyclic amines) is 1. The summed E-state index contributed by atoms with van der Waals surface area (Å²) in [6.45, 7) is 2.94. The molecule has 3 rings (SSSR count). The van der Waals surface area contributed by atoms with E-state index in [0.717, 1.165) is 54.8 Å². The van der Waals surface area contributed by atoms with Crippen LogP contribution in [0.2, 0.25) is 5.02 Å². The lowest BCUT2D eigenvalue weighted by molar-refractivity contribution is -0.001000. The highest BCUT2D eigenvalue weighted by Crippen LogP contribution is 2.26. The van der Waals surface area contributed by atoms with Crippen molar-refractivity contribution in [2.24, 2.45) is 0 Å². The Kier molecular flexibility index (Phi) is 9.44. The van der Waals surface area contributed by atoms with Crippen molar-refractivity contribution in [1.29, 1.82) is 0 Å². The van der Waals surface area contributed by atoms with Crippen LogP contribution >= 0.6 is 11.6 Å². The van der Waals surface area contributed by atoms with Crippen LogP contribution < -0.4 is 34.5 Å². The maximum atomic E-state index is 6.13. The van der Waals surface area contributed by atoms with E-state index in [9.17, 15) is 0 Å². The lowest BCUT2D eigenvalue weighted by Gasteiger charge is -2.36. The number of halogens is 3. The van der Waals surface area contributed by atoms with Gasteiger partial charge in [-0.25, -0.2) is 9.97 Å². The highest BCUT2D eigenvalue weighted by atomic mass is 35.5. The third-order valence-electron chi connectivity index (χ3n) is 4.61. The summed E-state index contributed by atoms with van der Waals surface area (Å²) in [6.07, 6.45) is 5.77. The van der Waals surface area contributed by atoms with Crippen LogP contribution in [0.1, 0.15) is 21.3 Å². The van der Waals surface area contributed by atoms with Gasteiger partial charge in [-0.05, 0) is 37.1 Å². The number of ether oxygens (including phenoxy) is 1. The number of hydrogen-bond acceptors (Lipinski definition) is 5. The zero-order valence-electron chi connectivity index (χ0n) is 16.9. The van der Waals surface area contributed by atoms with E-state index in [4.69, 9.17) is 16.3 Å². The molecular weight excluding hydrogens is 395 g/mol. The van der Waals surface area contributed by atoms with E-state index in [2.05, 4.69) is 26.8 Å². The molecule has 2 aromatic rings. The lowest BCUT2D eigenvalue weighted by Crippen LogP contribution is -3.00. The van der Waals surface area contributed by atoms with Gasteiger partial charge >= 0.3 is 2.85 Å². The van der Waals surface area contributed by atoms with Gasteiger partial charge in [0.2, 0.25) is 5.95 Å². The van der Waals surface area contributed by atoms with Crippen molar-refractivity contribution in [2.75, 3.05) is 32.1 Å². The van der Waals surface area contributed by atoms with E-state index in [1.165, 1.54) is 0 Å². The molecule has 0 unspecified atom stereocenters. The smallest absolute Gasteiger partial charge is 1.00 e. The van der Waals surface area contributed by atoms with Gasteiger partial charge in [-0.2, -0.15) is 0 Å². The predicted octanol–water partition coefficient (Wildman–Crippen LogP) is -2.53. The first kappa shape index (κ1) is 22.8. The maximum Gasteiger partial charge on any atom is 1.00 e. The number of benzene rings is 1. The molecule has 0 spiro atoms. The molecule has 8 heteroatoms. The van der Waals surface area contributed by atoms with Crippen molar-refractivity contribution in [1.82, 2.24) is 14.9 Å². The fourth-order valence-electron chi connectivity index (χ4n) is 3.21. The van der Waals surface area contributed by atoms with Crippen LogP contribution in [0.25, 0.3) is 0 Å². The Morgan fingerprint density at radius 1 is 1.23 bits per heavy atom. The molecule has 26 heavy (non-hydrogen) atoms. The quantitative estimate of drug-likeness (QED) is 0.535. The summed E-state index contributed by atoms with van der Waals surface area (Å²) in [5.74, 6) is 1.70. The predicted molar refractivity (Wildman–Crippen MR) is 99.0 cm³/mol. The third kappa shape index (κ3) is 5.61. The van der Waals surface area contributed by atoms with Gasteiger partial charge in [0.05, 0.1) is 7.11 Å². The molecule has 1 aromatic heterocycles. The van der Waals surface area contributed by atoms with Gasteiger partial charge in [0.1, 0.15) is 5.75 Å². The van der Waals surface area contributed by atoms with Crippen LogP contribution in [0.4, 0.5) is 5.95 Å². The van der Waals surface area contributed by atoms with Crippen LogP contribution in [0.5, 0.6) is 5.75 Å². The van der Waals surface area contributed by atoms with Crippen molar-refractivity contribution >= 4 is 17.5 Å². The monoisotopic (exact) mass is 418 g/mol. The Morgan fingerprint density at radius 3 is 2.50 bits per heavy atom. The van der Waals surface area contributed by atoms with Crippen molar-refractivity contribution in [3.8, 4) is 5.75 Å². The van der Waals surface area contributed by atoms with Gasteiger partial charge < -0.3 is 34.5 Å². The summed E-state index contributed by atoms with van der Waals surface area (Å²) in [5.41, 5.74) is 1.14. The molecule has 0 bridgehead atoms. The first-order valence-electron chi connectivity index (χ1n) is 8.22. The molecule has 2 heterocycles. The Bertz CT molecular complexity index is 677. The van der Waals surface area contributed by atoms with E-state index >= 15 is 0 Å². The van der Waals surface area contributed by atoms with E-state index in [-0.39, 0.29) is 27.7 Å². The first-order valence-corrected chi connectivity index (χ1v) is 8.60. The minimum atomic E-state index is 0. The van der Waals surface area contributed by atoms with E-state index in [1.54, 1.807) is 19.5 Å². The van der Waals surface area contributed by atoms with Gasteiger partial charge in [0.25, 0.3) is 0 Å². The normalized spacial score (nSPS) is 14.9. The Balaban J connectivity index is 0. The van der Waals surface area contributed by atoms with Gasteiger partial charge in [-0.1, -0.05) is 11.6 Å². The molecule has 0 saturated carbocycles. The third-order valence-corrected chi connectivity index (χ3v) is 4.84. The first-order chi connectivity index (χ1) is 11.7. The van der Waals surface area contributed by atoms with Crippen molar-refractivity contribution in [2.45, 2.75) is 25.4 Å². The average molecular weight is 420 g/mol. The molecule has 0 N–H and O–H groups in total. The fourth-order valence-corrected chi connectivity index (χ4v) is 3.41. The number of nitrogens with zero attached hydrogens (tertiary/aromatic N) is 4. The van der Waals surface area contributed by atoms with Gasteiger partial charge in [0.15, 0.2) is 0 Å². The summed E-state index contributed by atoms with van der Waals surface area (Å²) in [6, 6.07) is 8.12. The number of anilines is 1. The topological polar surface area (TPSA) is 41.5 Å². The minimum Gasteiger partial charge on any atom is -1.00 e. The number of hydrogen-bond donors (Lipinski definition) is 0. The highest BCUT2D eigenvalue weighted by molar-refractivity contribution is 6.30. The van der Waals surface area contributed by atoms with Crippen molar-refractivity contribution in [3.05, 3.63) is 47.2 Å². The lowest BCUT2D eigenvalue weighted by atomic mass is 10.0. The van der Waals surface area contributed by atoms with Crippen molar-refractivity contribution < 1.29 is 32.4 Å². The summed E-state index contributed by atoms with van der Waals surface area (Å²) in [4.78, 5) is 13.3. The molecule has 0 amide bonds. The largest absolute Gasteiger partial charge is 1.00 e. The molecular formula is C18H25Cl3N4O. The number of rotatable bonds is 5. The molecule has 1 aliphatic heterocycles. The fraction of sp³-hybridized carbons (Fsp3) is 0.444. The zero-order chi connectivity index (χ0) is 16.9. The van der Waals surface area contributed by atoms with Gasteiger partial charge in [-0.3, -0.25) is 4.90 Å². The van der Waals surface area contributed by atoms with E-state index < -0.39 is 0 Å². The van der Waals surface area contributed by atoms with Crippen LogP contribution in [0.15, 0.2) is 36.7 Å². The Hall–Kier alpha value is -1.27. The van der Waals surface area contributed by atoms with E-state index in [1.807, 2.05) is 24.3 Å². The molecule has 1 saturated heterocycles. The second-order valence-electron chi connectivity index (χ2n) is 6.12. The van der Waals surface area contributed by atoms with Crippen molar-refractivity contribution in [3.63, 3.8) is 0 Å². The van der Waals surface area contributed by atoms with Crippen LogP contribution in [-0.2, 0) is 6.54 Å². The standard InChI is InChI=1S/C18H23ClN4O.2ClH/c1-22(18-20-8-3-9-21-18)16-6-10-23(11-7-16)13-14-12-15(19)4-5-17(14)24-2;;/h3-5,8-9,12,16H,6-7,10-11,13H2,1-2H3;2*1H. The summed E-state index contributed by atoms with van der Waals surface area (Å²) in [5, 5.41) is 0.752. The van der Waals surface area contributed by atoms with E-state index in [0.29, 0.717) is 6.04 Å². The van der Waals surface area contributed by atoms with Crippen LogP contribution in [0, 0.1) is 0 Å². The number of piperidine rings is 1. The number of aromatic nitrogens is 2. The Labute approximate surface area is 175 Å².